The normalized spacial score (nSPS) is 32.7. The number of piperidine rings is 1. The van der Waals surface area contributed by atoms with Gasteiger partial charge in [-0.25, -0.2) is 0 Å². The van der Waals surface area contributed by atoms with Crippen LogP contribution >= 0.6 is 0 Å². The number of aryl methyl sites for hydroxylation is 1. The van der Waals surface area contributed by atoms with Crippen LogP contribution in [0.4, 0.5) is 0 Å². The zero-order valence-electron chi connectivity index (χ0n) is 12.4. The molecule has 2 fully saturated rings. The van der Waals surface area contributed by atoms with Crippen LogP contribution in [-0.2, 0) is 4.79 Å². The van der Waals surface area contributed by atoms with E-state index in [4.69, 9.17) is 0 Å². The van der Waals surface area contributed by atoms with Crippen LogP contribution in [0, 0.1) is 18.8 Å². The van der Waals surface area contributed by atoms with Gasteiger partial charge < -0.3 is 10.6 Å². The van der Waals surface area contributed by atoms with E-state index in [-0.39, 0.29) is 11.8 Å². The molecule has 1 aromatic rings. The summed E-state index contributed by atoms with van der Waals surface area (Å²) < 4.78 is 0. The van der Waals surface area contributed by atoms with Crippen LogP contribution in [0.15, 0.2) is 24.3 Å². The summed E-state index contributed by atoms with van der Waals surface area (Å²) in [7, 11) is 0. The van der Waals surface area contributed by atoms with Crippen LogP contribution in [0.25, 0.3) is 0 Å². The quantitative estimate of drug-likeness (QED) is 0.886. The maximum atomic E-state index is 12.4. The van der Waals surface area contributed by atoms with Crippen LogP contribution in [0.3, 0.4) is 0 Å². The summed E-state index contributed by atoms with van der Waals surface area (Å²) in [6, 6.07) is 8.79. The largest absolute Gasteiger partial charge is 0.353 e. The summed E-state index contributed by atoms with van der Waals surface area (Å²) in [5.74, 6) is 1.42. The number of hydrogen-bond acceptors (Lipinski definition) is 2. The van der Waals surface area contributed by atoms with Crippen molar-refractivity contribution in [2.45, 2.75) is 38.6 Å². The Labute approximate surface area is 121 Å². The highest BCUT2D eigenvalue weighted by Crippen LogP contribution is 2.48. The molecule has 1 heterocycles. The van der Waals surface area contributed by atoms with E-state index in [1.165, 1.54) is 11.1 Å². The second-order valence-electron chi connectivity index (χ2n) is 6.39. The molecule has 1 aliphatic carbocycles. The molecule has 3 heteroatoms. The van der Waals surface area contributed by atoms with E-state index in [1.54, 1.807) is 0 Å². The standard InChI is InChI=1S/C17H24N2O/c1-11-5-3-4-6-13(11)14-9-15(14)17(20)19-16-7-8-18-10-12(16)2/h3-6,12,14-16,18H,7-10H2,1-2H3,(H,19,20). The third-order valence-corrected chi connectivity index (χ3v) is 4.83. The molecular weight excluding hydrogens is 248 g/mol. The second kappa shape index (κ2) is 5.57. The summed E-state index contributed by atoms with van der Waals surface area (Å²) in [4.78, 5) is 12.4. The summed E-state index contributed by atoms with van der Waals surface area (Å²) in [5, 5.41) is 6.64. The van der Waals surface area contributed by atoms with E-state index >= 15 is 0 Å². The van der Waals surface area contributed by atoms with Crippen molar-refractivity contribution in [2.24, 2.45) is 11.8 Å². The van der Waals surface area contributed by atoms with Gasteiger partial charge in [0.1, 0.15) is 0 Å². The van der Waals surface area contributed by atoms with Crippen molar-refractivity contribution in [1.82, 2.24) is 10.6 Å². The van der Waals surface area contributed by atoms with Gasteiger partial charge >= 0.3 is 0 Å². The Morgan fingerprint density at radius 3 is 2.90 bits per heavy atom. The maximum Gasteiger partial charge on any atom is 0.223 e. The molecule has 3 nitrogen and oxygen atoms in total. The first-order valence-corrected chi connectivity index (χ1v) is 7.73. The minimum Gasteiger partial charge on any atom is -0.353 e. The Morgan fingerprint density at radius 2 is 2.15 bits per heavy atom. The van der Waals surface area contributed by atoms with Crippen LogP contribution in [0.5, 0.6) is 0 Å². The lowest BCUT2D eigenvalue weighted by Crippen LogP contribution is -2.48. The maximum absolute atomic E-state index is 12.4. The smallest absolute Gasteiger partial charge is 0.223 e. The average Bonchev–Trinajstić information content (AvgIpc) is 3.22. The average molecular weight is 272 g/mol. The van der Waals surface area contributed by atoms with Crippen molar-refractivity contribution < 1.29 is 4.79 Å². The number of hydrogen-bond donors (Lipinski definition) is 2. The topological polar surface area (TPSA) is 41.1 Å². The molecule has 4 atom stereocenters. The van der Waals surface area contributed by atoms with Gasteiger partial charge in [0.05, 0.1) is 0 Å². The van der Waals surface area contributed by atoms with E-state index in [0.717, 1.165) is 25.9 Å². The Kier molecular flexibility index (Phi) is 3.79. The zero-order chi connectivity index (χ0) is 14.1. The molecule has 1 aromatic carbocycles. The summed E-state index contributed by atoms with van der Waals surface area (Å²) in [6.07, 6.45) is 2.06. The van der Waals surface area contributed by atoms with Gasteiger partial charge in [0.25, 0.3) is 0 Å². The first kappa shape index (κ1) is 13.6. The van der Waals surface area contributed by atoms with Gasteiger partial charge in [-0.05, 0) is 55.8 Å². The number of nitrogens with one attached hydrogen (secondary N) is 2. The summed E-state index contributed by atoms with van der Waals surface area (Å²) >= 11 is 0. The fourth-order valence-electron chi connectivity index (χ4n) is 3.35. The molecule has 108 valence electrons. The lowest BCUT2D eigenvalue weighted by molar-refractivity contribution is -0.123. The molecule has 1 saturated carbocycles. The van der Waals surface area contributed by atoms with Crippen molar-refractivity contribution in [3.8, 4) is 0 Å². The predicted octanol–water partition coefficient (Wildman–Crippen LogP) is 2.21. The van der Waals surface area contributed by atoms with Gasteiger partial charge in [-0.1, -0.05) is 31.2 Å². The van der Waals surface area contributed by atoms with E-state index in [1.807, 2.05) is 0 Å². The van der Waals surface area contributed by atoms with Gasteiger partial charge in [-0.2, -0.15) is 0 Å². The first-order valence-electron chi connectivity index (χ1n) is 7.73. The van der Waals surface area contributed by atoms with Gasteiger partial charge in [0.15, 0.2) is 0 Å². The fourth-order valence-corrected chi connectivity index (χ4v) is 3.35. The third kappa shape index (κ3) is 2.73. The van der Waals surface area contributed by atoms with Crippen molar-refractivity contribution in [2.75, 3.05) is 13.1 Å². The molecule has 20 heavy (non-hydrogen) atoms. The second-order valence-corrected chi connectivity index (χ2v) is 6.39. The molecule has 0 radical (unpaired) electrons. The third-order valence-electron chi connectivity index (χ3n) is 4.83. The molecule has 1 amide bonds. The molecule has 0 aromatic heterocycles. The Bertz CT molecular complexity index is 500. The monoisotopic (exact) mass is 272 g/mol. The molecule has 4 unspecified atom stereocenters. The molecular formula is C17H24N2O. The Balaban J connectivity index is 1.59. The van der Waals surface area contributed by atoms with E-state index < -0.39 is 0 Å². The number of rotatable bonds is 3. The van der Waals surface area contributed by atoms with Crippen LogP contribution < -0.4 is 10.6 Å². The van der Waals surface area contributed by atoms with Gasteiger partial charge in [-0.15, -0.1) is 0 Å². The van der Waals surface area contributed by atoms with Crippen molar-refractivity contribution >= 4 is 5.91 Å². The molecule has 3 rings (SSSR count). The van der Waals surface area contributed by atoms with E-state index in [0.29, 0.717) is 17.9 Å². The number of benzene rings is 1. The zero-order valence-corrected chi connectivity index (χ0v) is 12.4. The van der Waals surface area contributed by atoms with Crippen LogP contribution in [0.2, 0.25) is 0 Å². The first-order chi connectivity index (χ1) is 9.66. The molecule has 2 N–H and O–H groups in total. The minimum atomic E-state index is 0.193. The van der Waals surface area contributed by atoms with Gasteiger partial charge in [0, 0.05) is 12.0 Å². The summed E-state index contributed by atoms with van der Waals surface area (Å²) in [5.41, 5.74) is 2.66. The highest BCUT2D eigenvalue weighted by molar-refractivity contribution is 5.83. The SMILES string of the molecule is Cc1ccccc1C1CC1C(=O)NC1CCNCC1C. The number of amides is 1. The molecule has 0 spiro atoms. The number of carbonyl (C=O) groups excluding carboxylic acids is 1. The Morgan fingerprint density at radius 1 is 1.35 bits per heavy atom. The summed E-state index contributed by atoms with van der Waals surface area (Å²) in [6.45, 7) is 6.37. The lowest BCUT2D eigenvalue weighted by Gasteiger charge is -2.30. The Hall–Kier alpha value is -1.35. The molecule has 2 aliphatic rings. The predicted molar refractivity (Wildman–Crippen MR) is 80.6 cm³/mol. The molecule has 1 saturated heterocycles. The van der Waals surface area contributed by atoms with Crippen LogP contribution in [0.1, 0.15) is 36.8 Å². The molecule has 0 bridgehead atoms. The minimum absolute atomic E-state index is 0.193. The number of carbonyl (C=O) groups is 1. The van der Waals surface area contributed by atoms with Crippen molar-refractivity contribution in [3.63, 3.8) is 0 Å². The highest BCUT2D eigenvalue weighted by atomic mass is 16.2. The van der Waals surface area contributed by atoms with Crippen LogP contribution in [-0.4, -0.2) is 25.0 Å². The highest BCUT2D eigenvalue weighted by Gasteiger charge is 2.45. The van der Waals surface area contributed by atoms with Gasteiger partial charge in [0.2, 0.25) is 5.91 Å². The molecule has 1 aliphatic heterocycles. The fraction of sp³-hybridized carbons (Fsp3) is 0.588. The van der Waals surface area contributed by atoms with Crippen molar-refractivity contribution in [1.29, 1.82) is 0 Å². The lowest BCUT2D eigenvalue weighted by atomic mass is 9.95. The van der Waals surface area contributed by atoms with E-state index in [2.05, 4.69) is 48.7 Å². The van der Waals surface area contributed by atoms with Gasteiger partial charge in [-0.3, -0.25) is 4.79 Å². The van der Waals surface area contributed by atoms with Crippen molar-refractivity contribution in [3.05, 3.63) is 35.4 Å². The van der Waals surface area contributed by atoms with E-state index in [9.17, 15) is 4.79 Å².